The van der Waals surface area contributed by atoms with Crippen molar-refractivity contribution < 1.29 is 8.42 Å². The van der Waals surface area contributed by atoms with Crippen molar-refractivity contribution in [2.24, 2.45) is 0 Å². The lowest BCUT2D eigenvalue weighted by Crippen LogP contribution is -2.30. The van der Waals surface area contributed by atoms with E-state index in [0.29, 0.717) is 17.6 Å². The summed E-state index contributed by atoms with van der Waals surface area (Å²) in [7, 11) is -3.61. The summed E-state index contributed by atoms with van der Waals surface area (Å²) >= 11 is 1.04. The van der Waals surface area contributed by atoms with Gasteiger partial charge in [0.05, 0.1) is 17.8 Å². The van der Waals surface area contributed by atoms with E-state index in [1.54, 1.807) is 22.5 Å². The van der Waals surface area contributed by atoms with E-state index in [2.05, 4.69) is 8.75 Å². The lowest BCUT2D eigenvalue weighted by molar-refractivity contribution is 0.397. The van der Waals surface area contributed by atoms with Crippen LogP contribution in [0.2, 0.25) is 0 Å². The average Bonchev–Trinajstić information content (AvgIpc) is 3.24. The van der Waals surface area contributed by atoms with Gasteiger partial charge < -0.3 is 0 Å². The number of hydrogen-bond acceptors (Lipinski definition) is 5. The fourth-order valence-corrected chi connectivity index (χ4v) is 5.70. The lowest BCUT2D eigenvalue weighted by atomic mass is 10.0. The Morgan fingerprint density at radius 1 is 1.12 bits per heavy atom. The summed E-state index contributed by atoms with van der Waals surface area (Å²) < 4.78 is 36.5. The van der Waals surface area contributed by atoms with Crippen LogP contribution in [0.1, 0.15) is 30.0 Å². The van der Waals surface area contributed by atoms with Crippen LogP contribution in [-0.2, 0) is 10.0 Å². The highest BCUT2D eigenvalue weighted by atomic mass is 32.2. The molecule has 4 rings (SSSR count). The molecule has 24 heavy (non-hydrogen) atoms. The molecule has 1 aromatic heterocycles. The Morgan fingerprint density at radius 3 is 2.71 bits per heavy atom. The van der Waals surface area contributed by atoms with Gasteiger partial charge in [-0.25, -0.2) is 8.42 Å². The first kappa shape index (κ1) is 15.7. The van der Waals surface area contributed by atoms with Gasteiger partial charge in [-0.3, -0.25) is 0 Å². The standard InChI is InChI=1S/C17H17N3O2S2/c1-12-7-9-13(10-8-12)15-5-3-11-20(15)24(21,22)16-6-2-4-14-17(16)19-23-18-14/h2,4,6-10,15H,3,5,11H2,1H3/t15-/m1/s1. The van der Waals surface area contributed by atoms with E-state index in [9.17, 15) is 8.42 Å². The van der Waals surface area contributed by atoms with Crippen LogP contribution in [0.4, 0.5) is 0 Å². The monoisotopic (exact) mass is 359 g/mol. The zero-order valence-corrected chi connectivity index (χ0v) is 14.8. The summed E-state index contributed by atoms with van der Waals surface area (Å²) in [5, 5.41) is 0. The molecular weight excluding hydrogens is 342 g/mol. The van der Waals surface area contributed by atoms with Crippen molar-refractivity contribution in [1.82, 2.24) is 13.1 Å². The van der Waals surface area contributed by atoms with E-state index in [0.717, 1.165) is 30.1 Å². The quantitative estimate of drug-likeness (QED) is 0.718. The Morgan fingerprint density at radius 2 is 1.92 bits per heavy atom. The maximum atomic E-state index is 13.3. The first-order valence-electron chi connectivity index (χ1n) is 7.87. The minimum atomic E-state index is -3.61. The van der Waals surface area contributed by atoms with Gasteiger partial charge in [0.15, 0.2) is 0 Å². The predicted octanol–water partition coefficient (Wildman–Crippen LogP) is 3.53. The summed E-state index contributed by atoms with van der Waals surface area (Å²) in [4.78, 5) is 0.257. The van der Waals surface area contributed by atoms with Crippen LogP contribution in [-0.4, -0.2) is 28.0 Å². The van der Waals surface area contributed by atoms with Gasteiger partial charge in [-0.05, 0) is 37.5 Å². The fraction of sp³-hybridized carbons (Fsp3) is 0.294. The Labute approximate surface area is 145 Å². The maximum absolute atomic E-state index is 13.3. The Kier molecular flexibility index (Phi) is 3.86. The van der Waals surface area contributed by atoms with Crippen molar-refractivity contribution in [2.45, 2.75) is 30.7 Å². The normalized spacial score (nSPS) is 19.1. The van der Waals surface area contributed by atoms with Crippen molar-refractivity contribution in [3.05, 3.63) is 53.6 Å². The molecule has 1 fully saturated rings. The van der Waals surface area contributed by atoms with Crippen molar-refractivity contribution in [3.8, 4) is 0 Å². The average molecular weight is 359 g/mol. The lowest BCUT2D eigenvalue weighted by Gasteiger charge is -2.24. The minimum absolute atomic E-state index is 0.113. The van der Waals surface area contributed by atoms with Gasteiger partial charge in [-0.1, -0.05) is 35.9 Å². The predicted molar refractivity (Wildman–Crippen MR) is 94.5 cm³/mol. The molecule has 1 atom stereocenters. The molecule has 0 bridgehead atoms. The van der Waals surface area contributed by atoms with Crippen molar-refractivity contribution in [3.63, 3.8) is 0 Å². The molecule has 1 aliphatic rings. The van der Waals surface area contributed by atoms with Gasteiger partial charge in [-0.15, -0.1) is 0 Å². The van der Waals surface area contributed by atoms with Crippen LogP contribution in [0, 0.1) is 6.92 Å². The highest BCUT2D eigenvalue weighted by Crippen LogP contribution is 2.37. The van der Waals surface area contributed by atoms with Crippen molar-refractivity contribution >= 4 is 32.8 Å². The highest BCUT2D eigenvalue weighted by molar-refractivity contribution is 7.89. The second-order valence-corrected chi connectivity index (χ2v) is 8.46. The Hall–Kier alpha value is -1.83. The second kappa shape index (κ2) is 5.91. The van der Waals surface area contributed by atoms with Crippen molar-refractivity contribution in [1.29, 1.82) is 0 Å². The molecule has 5 nitrogen and oxygen atoms in total. The molecule has 0 radical (unpaired) electrons. The molecule has 0 amide bonds. The van der Waals surface area contributed by atoms with Crippen LogP contribution in [0.15, 0.2) is 47.4 Å². The largest absolute Gasteiger partial charge is 0.245 e. The molecule has 3 aromatic rings. The van der Waals surface area contributed by atoms with Crippen LogP contribution in [0.25, 0.3) is 11.0 Å². The summed E-state index contributed by atoms with van der Waals surface area (Å²) in [6, 6.07) is 13.2. The number of aryl methyl sites for hydroxylation is 1. The smallest absolute Gasteiger partial charge is 0.207 e. The number of rotatable bonds is 3. The van der Waals surface area contributed by atoms with E-state index in [1.165, 1.54) is 5.56 Å². The van der Waals surface area contributed by atoms with E-state index >= 15 is 0 Å². The van der Waals surface area contributed by atoms with Gasteiger partial charge in [0.25, 0.3) is 0 Å². The van der Waals surface area contributed by atoms with Gasteiger partial charge >= 0.3 is 0 Å². The van der Waals surface area contributed by atoms with E-state index < -0.39 is 10.0 Å². The van der Waals surface area contributed by atoms with Crippen LogP contribution in [0.3, 0.4) is 0 Å². The Bertz CT molecular complexity index is 980. The summed E-state index contributed by atoms with van der Waals surface area (Å²) in [5.41, 5.74) is 3.32. The zero-order valence-electron chi connectivity index (χ0n) is 13.2. The molecule has 0 N–H and O–H groups in total. The molecule has 0 unspecified atom stereocenters. The number of nitrogens with zero attached hydrogens (tertiary/aromatic N) is 3. The van der Waals surface area contributed by atoms with Crippen LogP contribution < -0.4 is 0 Å². The third-order valence-corrected chi connectivity index (χ3v) is 6.98. The molecule has 0 spiro atoms. The van der Waals surface area contributed by atoms with Gasteiger partial charge in [0.2, 0.25) is 10.0 Å². The summed E-state index contributed by atoms with van der Waals surface area (Å²) in [6.45, 7) is 2.57. The van der Waals surface area contributed by atoms with E-state index in [1.807, 2.05) is 31.2 Å². The van der Waals surface area contributed by atoms with Gasteiger partial charge in [0.1, 0.15) is 15.9 Å². The molecule has 124 valence electrons. The molecule has 7 heteroatoms. The van der Waals surface area contributed by atoms with Gasteiger partial charge in [0, 0.05) is 6.54 Å². The van der Waals surface area contributed by atoms with Gasteiger partial charge in [-0.2, -0.15) is 13.1 Å². The second-order valence-electron chi connectivity index (χ2n) is 6.07. The summed E-state index contributed by atoms with van der Waals surface area (Å²) in [5.74, 6) is 0. The number of aromatic nitrogens is 2. The molecule has 2 aromatic carbocycles. The van der Waals surface area contributed by atoms with Crippen LogP contribution >= 0.6 is 11.7 Å². The molecule has 0 aliphatic carbocycles. The molecular formula is C17H17N3O2S2. The molecule has 0 saturated carbocycles. The number of fused-ring (bicyclic) bond motifs is 1. The number of sulfonamides is 1. The molecule has 2 heterocycles. The number of benzene rings is 2. The van der Waals surface area contributed by atoms with E-state index in [-0.39, 0.29) is 10.9 Å². The fourth-order valence-electron chi connectivity index (χ4n) is 3.27. The highest BCUT2D eigenvalue weighted by Gasteiger charge is 2.37. The third-order valence-electron chi connectivity index (χ3n) is 4.50. The zero-order chi connectivity index (χ0) is 16.7. The first-order chi connectivity index (χ1) is 11.6. The number of hydrogen-bond donors (Lipinski definition) is 0. The Balaban J connectivity index is 1.78. The van der Waals surface area contributed by atoms with Crippen molar-refractivity contribution in [2.75, 3.05) is 6.54 Å². The van der Waals surface area contributed by atoms with Crippen LogP contribution in [0.5, 0.6) is 0 Å². The van der Waals surface area contributed by atoms with E-state index in [4.69, 9.17) is 0 Å². The summed E-state index contributed by atoms with van der Waals surface area (Å²) in [6.07, 6.45) is 1.71. The molecule has 1 aliphatic heterocycles. The SMILES string of the molecule is Cc1ccc([C@H]2CCCN2S(=O)(=O)c2cccc3nsnc23)cc1. The topological polar surface area (TPSA) is 63.2 Å². The maximum Gasteiger partial charge on any atom is 0.245 e. The third kappa shape index (κ3) is 2.53. The minimum Gasteiger partial charge on any atom is -0.207 e. The first-order valence-corrected chi connectivity index (χ1v) is 10.0. The molecule has 1 saturated heterocycles.